The minimum absolute atomic E-state index is 0.180. The van der Waals surface area contributed by atoms with E-state index in [2.05, 4.69) is 51.3 Å². The van der Waals surface area contributed by atoms with Gasteiger partial charge in [-0.3, -0.25) is 9.69 Å². The molecule has 1 saturated heterocycles. The number of piperazine rings is 1. The quantitative estimate of drug-likeness (QED) is 0.394. The molecular weight excluding hydrogens is 460 g/mol. The fraction of sp³-hybridized carbons (Fsp3) is 0.419. The molecule has 0 N–H and O–H groups in total. The Morgan fingerprint density at radius 1 is 0.892 bits per heavy atom. The lowest BCUT2D eigenvalue weighted by atomic mass is 9.87. The Balaban J connectivity index is 1.27. The molecule has 1 saturated carbocycles. The Hall–Kier alpha value is -3.38. The molecule has 5 rings (SSSR count). The molecule has 6 nitrogen and oxygen atoms in total. The van der Waals surface area contributed by atoms with E-state index in [0.717, 1.165) is 50.5 Å². The van der Waals surface area contributed by atoms with Crippen LogP contribution in [-0.2, 0) is 0 Å². The van der Waals surface area contributed by atoms with Gasteiger partial charge in [0.2, 0.25) is 5.75 Å². The van der Waals surface area contributed by atoms with Gasteiger partial charge in [0, 0.05) is 32.7 Å². The molecule has 0 atom stereocenters. The molecule has 37 heavy (non-hydrogen) atoms. The first-order valence-corrected chi connectivity index (χ1v) is 13.8. The molecule has 2 heterocycles. The molecular formula is C31H38N4O2. The highest BCUT2D eigenvalue weighted by atomic mass is 16.5. The van der Waals surface area contributed by atoms with E-state index < -0.39 is 0 Å². The molecule has 0 amide bonds. The van der Waals surface area contributed by atoms with E-state index in [4.69, 9.17) is 4.74 Å². The number of para-hydroxylation sites is 1. The first-order valence-electron chi connectivity index (χ1n) is 13.8. The minimum atomic E-state index is -0.180. The van der Waals surface area contributed by atoms with Crippen molar-refractivity contribution in [1.29, 1.82) is 0 Å². The molecule has 0 bridgehead atoms. The number of ether oxygens (including phenoxy) is 1. The van der Waals surface area contributed by atoms with E-state index in [1.807, 2.05) is 42.6 Å². The summed E-state index contributed by atoms with van der Waals surface area (Å²) in [6.07, 6.45) is 13.8. The average molecular weight is 499 g/mol. The zero-order chi connectivity index (χ0) is 25.3. The fourth-order valence-corrected chi connectivity index (χ4v) is 5.42. The number of hydrogen-bond acceptors (Lipinski definition) is 5. The Bertz CT molecular complexity index is 1190. The zero-order valence-electron chi connectivity index (χ0n) is 21.7. The standard InChI is InChI=1S/C31H38N4O2/c36-31-30(37-24-18-27-13-6-2-7-14-27)29(25-32-35(31)28-16-8-3-9-17-28)34-22-20-33(21-23-34)19-10-15-26-11-4-1-5-12-26/h1,3-5,8-12,15-17,25,27H,2,6-7,13-14,18-24H2. The summed E-state index contributed by atoms with van der Waals surface area (Å²) in [4.78, 5) is 18.3. The average Bonchev–Trinajstić information content (AvgIpc) is 2.96. The van der Waals surface area contributed by atoms with Gasteiger partial charge in [0.15, 0.2) is 0 Å². The number of hydrogen-bond donors (Lipinski definition) is 0. The molecule has 194 valence electrons. The molecule has 0 radical (unpaired) electrons. The predicted molar refractivity (Wildman–Crippen MR) is 151 cm³/mol. The third kappa shape index (κ3) is 6.69. The topological polar surface area (TPSA) is 50.6 Å². The van der Waals surface area contributed by atoms with E-state index in [1.54, 1.807) is 0 Å². The van der Waals surface area contributed by atoms with Gasteiger partial charge in [-0.05, 0) is 30.0 Å². The molecule has 1 aliphatic carbocycles. The maximum absolute atomic E-state index is 13.6. The van der Waals surface area contributed by atoms with Crippen LogP contribution in [0, 0.1) is 5.92 Å². The smallest absolute Gasteiger partial charge is 0.316 e. The summed E-state index contributed by atoms with van der Waals surface area (Å²) in [5.74, 6) is 1.15. The molecule has 2 aliphatic rings. The molecule has 0 unspecified atom stereocenters. The Morgan fingerprint density at radius 2 is 1.59 bits per heavy atom. The van der Waals surface area contributed by atoms with Gasteiger partial charge in [0.1, 0.15) is 5.69 Å². The Morgan fingerprint density at radius 3 is 2.32 bits per heavy atom. The molecule has 2 fully saturated rings. The van der Waals surface area contributed by atoms with Crippen molar-refractivity contribution < 1.29 is 4.74 Å². The van der Waals surface area contributed by atoms with Crippen LogP contribution in [0.3, 0.4) is 0 Å². The molecule has 3 aromatic rings. The normalized spacial score (nSPS) is 17.4. The predicted octanol–water partition coefficient (Wildman–Crippen LogP) is 5.42. The Kier molecular flexibility index (Phi) is 8.70. The largest absolute Gasteiger partial charge is 0.486 e. The Labute approximate surface area is 220 Å². The molecule has 2 aromatic carbocycles. The first kappa shape index (κ1) is 25.3. The van der Waals surface area contributed by atoms with Crippen molar-refractivity contribution in [3.8, 4) is 11.4 Å². The van der Waals surface area contributed by atoms with Crippen molar-refractivity contribution in [2.24, 2.45) is 5.92 Å². The van der Waals surface area contributed by atoms with Gasteiger partial charge in [0.25, 0.3) is 0 Å². The number of aromatic nitrogens is 2. The summed E-state index contributed by atoms with van der Waals surface area (Å²) in [7, 11) is 0. The maximum Gasteiger partial charge on any atom is 0.316 e. The van der Waals surface area contributed by atoms with Gasteiger partial charge in [-0.25, -0.2) is 0 Å². The maximum atomic E-state index is 13.6. The van der Waals surface area contributed by atoms with Crippen LogP contribution in [0.5, 0.6) is 5.75 Å². The minimum Gasteiger partial charge on any atom is -0.486 e. The zero-order valence-corrected chi connectivity index (χ0v) is 21.7. The van der Waals surface area contributed by atoms with Crippen LogP contribution in [0.4, 0.5) is 5.69 Å². The van der Waals surface area contributed by atoms with Crippen LogP contribution in [0.25, 0.3) is 11.8 Å². The molecule has 1 aliphatic heterocycles. The molecule has 0 spiro atoms. The van der Waals surface area contributed by atoms with Crippen LogP contribution in [0.1, 0.15) is 44.1 Å². The van der Waals surface area contributed by atoms with Gasteiger partial charge in [0.05, 0.1) is 18.5 Å². The van der Waals surface area contributed by atoms with Crippen LogP contribution < -0.4 is 15.2 Å². The van der Waals surface area contributed by atoms with Crippen molar-refractivity contribution in [3.05, 3.63) is 88.9 Å². The van der Waals surface area contributed by atoms with E-state index in [9.17, 15) is 4.79 Å². The van der Waals surface area contributed by atoms with Gasteiger partial charge >= 0.3 is 5.56 Å². The fourth-order valence-electron chi connectivity index (χ4n) is 5.42. The summed E-state index contributed by atoms with van der Waals surface area (Å²) in [6.45, 7) is 5.05. The van der Waals surface area contributed by atoms with Gasteiger partial charge < -0.3 is 9.64 Å². The van der Waals surface area contributed by atoms with Gasteiger partial charge in [-0.15, -0.1) is 0 Å². The third-order valence-electron chi connectivity index (χ3n) is 7.60. The second-order valence-corrected chi connectivity index (χ2v) is 10.2. The highest BCUT2D eigenvalue weighted by Gasteiger charge is 2.23. The van der Waals surface area contributed by atoms with Crippen molar-refractivity contribution in [1.82, 2.24) is 14.7 Å². The van der Waals surface area contributed by atoms with Crippen molar-refractivity contribution in [2.45, 2.75) is 38.5 Å². The second-order valence-electron chi connectivity index (χ2n) is 10.2. The summed E-state index contributed by atoms with van der Waals surface area (Å²) < 4.78 is 7.75. The number of rotatable bonds is 9. The lowest BCUT2D eigenvalue weighted by Gasteiger charge is -2.36. The summed E-state index contributed by atoms with van der Waals surface area (Å²) in [5, 5.41) is 4.54. The highest BCUT2D eigenvalue weighted by molar-refractivity contribution is 5.57. The second kappa shape index (κ2) is 12.7. The lowest BCUT2D eigenvalue weighted by molar-refractivity contribution is 0.241. The molecule has 6 heteroatoms. The van der Waals surface area contributed by atoms with E-state index in [1.165, 1.54) is 42.3 Å². The summed E-state index contributed by atoms with van der Waals surface area (Å²) >= 11 is 0. The monoisotopic (exact) mass is 498 g/mol. The van der Waals surface area contributed by atoms with E-state index in [-0.39, 0.29) is 5.56 Å². The summed E-state index contributed by atoms with van der Waals surface area (Å²) in [6, 6.07) is 20.0. The van der Waals surface area contributed by atoms with Crippen LogP contribution in [-0.4, -0.2) is 54.0 Å². The van der Waals surface area contributed by atoms with Crippen LogP contribution in [0.15, 0.2) is 77.7 Å². The lowest BCUT2D eigenvalue weighted by Crippen LogP contribution is -2.47. The van der Waals surface area contributed by atoms with Crippen molar-refractivity contribution >= 4 is 11.8 Å². The van der Waals surface area contributed by atoms with Crippen molar-refractivity contribution in [2.75, 3.05) is 44.2 Å². The van der Waals surface area contributed by atoms with Crippen LogP contribution in [0.2, 0.25) is 0 Å². The SMILES string of the molecule is O=c1c(OCCC2CCCCC2)c(N2CCN(CC=Cc3ccccc3)CC2)cnn1-c1ccccc1. The first-order chi connectivity index (χ1) is 18.3. The van der Waals surface area contributed by atoms with E-state index >= 15 is 0 Å². The van der Waals surface area contributed by atoms with Gasteiger partial charge in [-0.2, -0.15) is 9.78 Å². The van der Waals surface area contributed by atoms with E-state index in [0.29, 0.717) is 18.3 Å². The number of anilines is 1. The third-order valence-corrected chi connectivity index (χ3v) is 7.60. The highest BCUT2D eigenvalue weighted by Crippen LogP contribution is 2.29. The van der Waals surface area contributed by atoms with Crippen molar-refractivity contribution in [3.63, 3.8) is 0 Å². The van der Waals surface area contributed by atoms with Gasteiger partial charge in [-0.1, -0.05) is 92.8 Å². The molecule has 1 aromatic heterocycles. The summed E-state index contributed by atoms with van der Waals surface area (Å²) in [5.41, 5.74) is 2.62. The number of benzene rings is 2. The van der Waals surface area contributed by atoms with Crippen LogP contribution >= 0.6 is 0 Å². The number of nitrogens with zero attached hydrogens (tertiary/aromatic N) is 4.